The van der Waals surface area contributed by atoms with Crippen LogP contribution in [0.1, 0.15) is 58.4 Å². The quantitative estimate of drug-likeness (QED) is 0.685. The monoisotopic (exact) mass is 297 g/mol. The second-order valence-corrected chi connectivity index (χ2v) is 6.08. The van der Waals surface area contributed by atoms with E-state index in [0.29, 0.717) is 11.3 Å². The van der Waals surface area contributed by atoms with E-state index in [0.717, 1.165) is 28.9 Å². The molecule has 0 aliphatic rings. The summed E-state index contributed by atoms with van der Waals surface area (Å²) >= 11 is 0. The Morgan fingerprint density at radius 2 is 2.09 bits per heavy atom. The summed E-state index contributed by atoms with van der Waals surface area (Å²) in [4.78, 5) is 4.30. The number of hydrogen-bond donors (Lipinski definition) is 1. The number of unbranched alkanes of at least 4 members (excludes halogenated alkanes) is 1. The molecule has 2 heteroatoms. The van der Waals surface area contributed by atoms with Gasteiger partial charge in [-0.3, -0.25) is 4.98 Å². The van der Waals surface area contributed by atoms with Crippen molar-refractivity contribution in [2.75, 3.05) is 0 Å². The van der Waals surface area contributed by atoms with Crippen molar-refractivity contribution in [1.29, 1.82) is 0 Å². The molecule has 1 aromatic heterocycles. The molecule has 2 aromatic rings. The van der Waals surface area contributed by atoms with Crippen LogP contribution in [-0.2, 0) is 0 Å². The minimum absolute atomic E-state index is 0.299. The fourth-order valence-corrected chi connectivity index (χ4v) is 2.88. The molecule has 0 spiro atoms. The highest BCUT2D eigenvalue weighted by molar-refractivity contribution is 5.89. The standard InChI is InChI=1S/C20H27NO/c1-4-6-8-16(5-2)11-10-15(3)18-13-12-17-9-7-14-21-19(17)20(18)22/h7,9-10,12-14,16,22H,4-6,8,11H2,1-3H3/b15-10+. The van der Waals surface area contributed by atoms with Gasteiger partial charge in [-0.1, -0.05) is 63.8 Å². The van der Waals surface area contributed by atoms with E-state index < -0.39 is 0 Å². The van der Waals surface area contributed by atoms with E-state index in [1.54, 1.807) is 6.20 Å². The van der Waals surface area contributed by atoms with Crippen LogP contribution >= 0.6 is 0 Å². The van der Waals surface area contributed by atoms with Gasteiger partial charge in [-0.15, -0.1) is 0 Å². The lowest BCUT2D eigenvalue weighted by Crippen LogP contribution is -1.97. The summed E-state index contributed by atoms with van der Waals surface area (Å²) in [6, 6.07) is 7.90. The Labute approximate surface area is 133 Å². The average Bonchev–Trinajstić information content (AvgIpc) is 2.55. The second kappa shape index (κ2) is 7.98. The van der Waals surface area contributed by atoms with Gasteiger partial charge >= 0.3 is 0 Å². The molecular formula is C20H27NO. The molecule has 0 radical (unpaired) electrons. The second-order valence-electron chi connectivity index (χ2n) is 6.08. The van der Waals surface area contributed by atoms with Gasteiger partial charge in [0, 0.05) is 17.1 Å². The molecule has 0 fully saturated rings. The van der Waals surface area contributed by atoms with Crippen molar-refractivity contribution >= 4 is 16.5 Å². The highest BCUT2D eigenvalue weighted by Gasteiger charge is 2.10. The molecule has 0 aliphatic heterocycles. The van der Waals surface area contributed by atoms with Crippen LogP contribution < -0.4 is 0 Å². The number of allylic oxidation sites excluding steroid dienone is 2. The number of phenols is 1. The van der Waals surface area contributed by atoms with E-state index in [-0.39, 0.29) is 0 Å². The summed E-state index contributed by atoms with van der Waals surface area (Å²) in [6.07, 6.45) is 10.2. The molecule has 1 heterocycles. The minimum Gasteiger partial charge on any atom is -0.505 e. The molecule has 22 heavy (non-hydrogen) atoms. The summed E-state index contributed by atoms with van der Waals surface area (Å²) in [5.41, 5.74) is 2.72. The van der Waals surface area contributed by atoms with Gasteiger partial charge < -0.3 is 5.11 Å². The number of aromatic hydroxyl groups is 1. The molecule has 2 rings (SSSR count). The van der Waals surface area contributed by atoms with Gasteiger partial charge in [0.1, 0.15) is 11.3 Å². The van der Waals surface area contributed by atoms with Crippen LogP contribution in [0.5, 0.6) is 5.75 Å². The fourth-order valence-electron chi connectivity index (χ4n) is 2.88. The van der Waals surface area contributed by atoms with E-state index in [4.69, 9.17) is 0 Å². The Kier molecular flexibility index (Phi) is 6.00. The lowest BCUT2D eigenvalue weighted by atomic mass is 9.93. The van der Waals surface area contributed by atoms with Gasteiger partial charge in [-0.25, -0.2) is 0 Å². The molecule has 118 valence electrons. The largest absolute Gasteiger partial charge is 0.505 e. The lowest BCUT2D eigenvalue weighted by molar-refractivity contribution is 0.456. The highest BCUT2D eigenvalue weighted by atomic mass is 16.3. The lowest BCUT2D eigenvalue weighted by Gasteiger charge is -2.13. The maximum atomic E-state index is 10.5. The molecule has 1 N–H and O–H groups in total. The van der Waals surface area contributed by atoms with E-state index in [9.17, 15) is 5.11 Å². The Balaban J connectivity index is 2.19. The number of benzene rings is 1. The zero-order valence-corrected chi connectivity index (χ0v) is 14.0. The average molecular weight is 297 g/mol. The Bertz CT molecular complexity index is 645. The van der Waals surface area contributed by atoms with Crippen LogP contribution in [0.15, 0.2) is 36.5 Å². The van der Waals surface area contributed by atoms with Gasteiger partial charge in [-0.2, -0.15) is 0 Å². The number of pyridine rings is 1. The highest BCUT2D eigenvalue weighted by Crippen LogP contribution is 2.32. The summed E-state index contributed by atoms with van der Waals surface area (Å²) in [6.45, 7) is 6.59. The number of nitrogens with zero attached hydrogens (tertiary/aromatic N) is 1. The van der Waals surface area contributed by atoms with Crippen molar-refractivity contribution in [2.45, 2.75) is 52.9 Å². The first-order valence-electron chi connectivity index (χ1n) is 8.41. The molecular weight excluding hydrogens is 270 g/mol. The number of aromatic nitrogens is 1. The number of rotatable bonds is 7. The third-order valence-corrected chi connectivity index (χ3v) is 4.47. The van der Waals surface area contributed by atoms with Gasteiger partial charge in [0.05, 0.1) is 0 Å². The van der Waals surface area contributed by atoms with Gasteiger partial charge in [-0.05, 0) is 30.9 Å². The predicted molar refractivity (Wildman–Crippen MR) is 95.0 cm³/mol. The maximum absolute atomic E-state index is 10.5. The van der Waals surface area contributed by atoms with Gasteiger partial charge in [0.2, 0.25) is 0 Å². The first kappa shape index (κ1) is 16.5. The Morgan fingerprint density at radius 3 is 2.82 bits per heavy atom. The maximum Gasteiger partial charge on any atom is 0.149 e. The van der Waals surface area contributed by atoms with Crippen LogP contribution in [-0.4, -0.2) is 10.1 Å². The van der Waals surface area contributed by atoms with E-state index >= 15 is 0 Å². The molecule has 0 amide bonds. The van der Waals surface area contributed by atoms with Gasteiger partial charge in [0.25, 0.3) is 0 Å². The first-order chi connectivity index (χ1) is 10.7. The summed E-state index contributed by atoms with van der Waals surface area (Å²) < 4.78 is 0. The Morgan fingerprint density at radius 1 is 1.27 bits per heavy atom. The minimum atomic E-state index is 0.299. The first-order valence-corrected chi connectivity index (χ1v) is 8.41. The third-order valence-electron chi connectivity index (χ3n) is 4.47. The molecule has 0 aliphatic carbocycles. The topological polar surface area (TPSA) is 33.1 Å². The number of hydrogen-bond acceptors (Lipinski definition) is 2. The molecule has 1 aromatic carbocycles. The zero-order chi connectivity index (χ0) is 15.9. The SMILES string of the molecule is CCCCC(CC)C/C=C(\C)c1ccc2cccnc2c1O. The predicted octanol–water partition coefficient (Wildman–Crippen LogP) is 5.95. The fraction of sp³-hybridized carbons (Fsp3) is 0.450. The molecule has 2 nitrogen and oxygen atoms in total. The van der Waals surface area contributed by atoms with Crippen molar-refractivity contribution in [1.82, 2.24) is 4.98 Å². The van der Waals surface area contributed by atoms with Crippen molar-refractivity contribution in [3.05, 3.63) is 42.1 Å². The third kappa shape index (κ3) is 3.88. The van der Waals surface area contributed by atoms with Crippen LogP contribution in [0.3, 0.4) is 0 Å². The van der Waals surface area contributed by atoms with Crippen LogP contribution in [0.2, 0.25) is 0 Å². The zero-order valence-electron chi connectivity index (χ0n) is 14.0. The number of phenolic OH excluding ortho intramolecular Hbond substituents is 1. The van der Waals surface area contributed by atoms with Gasteiger partial charge in [0.15, 0.2) is 0 Å². The number of fused-ring (bicyclic) bond motifs is 1. The van der Waals surface area contributed by atoms with Crippen molar-refractivity contribution in [3.63, 3.8) is 0 Å². The van der Waals surface area contributed by atoms with Crippen LogP contribution in [0.4, 0.5) is 0 Å². The molecule has 1 unspecified atom stereocenters. The smallest absolute Gasteiger partial charge is 0.149 e. The van der Waals surface area contributed by atoms with Crippen molar-refractivity contribution in [3.8, 4) is 5.75 Å². The van der Waals surface area contributed by atoms with Crippen molar-refractivity contribution in [2.24, 2.45) is 5.92 Å². The van der Waals surface area contributed by atoms with E-state index in [1.165, 1.54) is 25.7 Å². The van der Waals surface area contributed by atoms with E-state index in [2.05, 4.69) is 31.8 Å². The summed E-state index contributed by atoms with van der Waals surface area (Å²) in [5.74, 6) is 1.05. The van der Waals surface area contributed by atoms with E-state index in [1.807, 2.05) is 24.3 Å². The normalized spacial score (nSPS) is 13.5. The van der Waals surface area contributed by atoms with Crippen LogP contribution in [0, 0.1) is 5.92 Å². The molecule has 0 saturated carbocycles. The summed E-state index contributed by atoms with van der Waals surface area (Å²) in [7, 11) is 0. The molecule has 0 saturated heterocycles. The Hall–Kier alpha value is -1.83. The van der Waals surface area contributed by atoms with Crippen LogP contribution in [0.25, 0.3) is 16.5 Å². The molecule has 1 atom stereocenters. The molecule has 0 bridgehead atoms. The van der Waals surface area contributed by atoms with Crippen molar-refractivity contribution < 1.29 is 5.11 Å². The summed E-state index contributed by atoms with van der Waals surface area (Å²) in [5, 5.41) is 11.5.